The minimum absolute atomic E-state index is 0.292. The third-order valence-corrected chi connectivity index (χ3v) is 5.02. The Labute approximate surface area is 95.5 Å². The summed E-state index contributed by atoms with van der Waals surface area (Å²) in [6.45, 7) is 0. The van der Waals surface area contributed by atoms with Gasteiger partial charge in [0, 0.05) is 0 Å². The van der Waals surface area contributed by atoms with Gasteiger partial charge in [0.15, 0.2) is 0 Å². The summed E-state index contributed by atoms with van der Waals surface area (Å²) >= 11 is -2.08. The van der Waals surface area contributed by atoms with Crippen molar-refractivity contribution in [2.75, 3.05) is 0 Å². The van der Waals surface area contributed by atoms with Crippen molar-refractivity contribution in [1.82, 2.24) is 6.64 Å². The quantitative estimate of drug-likeness (QED) is 0.159. The molecule has 6 nitrogen and oxygen atoms in total. The van der Waals surface area contributed by atoms with Crippen LogP contribution in [0, 0.1) is 0 Å². The fourth-order valence-corrected chi connectivity index (χ4v) is 3.57. The number of carbonyl (C=O) groups is 3. The van der Waals surface area contributed by atoms with Crippen molar-refractivity contribution < 1.29 is 57.6 Å². The Bertz CT molecular complexity index is 273. The SMILES string of the molecule is N[I-]NC(=O)[I-]N1C(=O)C=CC1=O. The molecule has 8 heteroatoms. The second kappa shape index (κ2) is 4.85. The molecule has 0 aliphatic carbocycles. The van der Waals surface area contributed by atoms with Gasteiger partial charge in [0.1, 0.15) is 0 Å². The van der Waals surface area contributed by atoms with Crippen molar-refractivity contribution in [3.63, 3.8) is 0 Å². The average Bonchev–Trinajstić information content (AvgIpc) is 2.36. The van der Waals surface area contributed by atoms with E-state index in [0.29, 0.717) is 0 Å². The third kappa shape index (κ3) is 2.87. The summed E-state index contributed by atoms with van der Waals surface area (Å²) in [6, 6.07) is 0. The van der Waals surface area contributed by atoms with Crippen LogP contribution in [0.1, 0.15) is 0 Å². The van der Waals surface area contributed by atoms with E-state index < -0.39 is 55.0 Å². The Balaban J connectivity index is 2.50. The van der Waals surface area contributed by atoms with Crippen molar-refractivity contribution in [3.05, 3.63) is 12.2 Å². The topological polar surface area (TPSA) is 92.5 Å². The number of hydrogen-bond donors (Lipinski definition) is 2. The first kappa shape index (κ1) is 10.8. The predicted molar refractivity (Wildman–Crippen MR) is 33.7 cm³/mol. The first-order valence-electron chi connectivity index (χ1n) is 2.99. The summed E-state index contributed by atoms with van der Waals surface area (Å²) in [5, 5.41) is 0. The molecule has 0 aromatic rings. The van der Waals surface area contributed by atoms with Crippen LogP contribution in [0.3, 0.4) is 0 Å². The summed E-state index contributed by atoms with van der Waals surface area (Å²) in [7, 11) is 0. The number of carbonyl (C=O) groups excluding carboxylic acids is 3. The van der Waals surface area contributed by atoms with Gasteiger partial charge in [-0.1, -0.05) is 0 Å². The molecule has 0 aromatic carbocycles. The van der Waals surface area contributed by atoms with Crippen LogP contribution in [-0.2, 0) is 9.59 Å². The zero-order chi connectivity index (χ0) is 9.84. The van der Waals surface area contributed by atoms with Gasteiger partial charge in [0.2, 0.25) is 0 Å². The van der Waals surface area contributed by atoms with Crippen LogP contribution in [0.2, 0.25) is 0 Å². The Kier molecular flexibility index (Phi) is 4.05. The van der Waals surface area contributed by atoms with Crippen molar-refractivity contribution in [2.45, 2.75) is 0 Å². The van der Waals surface area contributed by atoms with E-state index in [-0.39, 0.29) is 3.91 Å². The fourth-order valence-electron chi connectivity index (χ4n) is 0.601. The number of nitrogens with two attached hydrogens (primary N) is 1. The van der Waals surface area contributed by atoms with Crippen molar-refractivity contribution in [1.29, 1.82) is 0 Å². The molecule has 13 heavy (non-hydrogen) atoms. The minimum atomic E-state index is -1.26. The molecule has 3 N–H and O–H groups in total. The molecular formula is C5H5I2N3O3-2. The normalized spacial score (nSPS) is 15.9. The molecule has 0 radical (unpaired) electrons. The fraction of sp³-hybridized carbons (Fsp3) is 0. The van der Waals surface area contributed by atoms with E-state index in [2.05, 4.69) is 3.53 Å². The molecule has 0 atom stereocenters. The zero-order valence-electron chi connectivity index (χ0n) is 6.16. The average molecular weight is 409 g/mol. The summed E-state index contributed by atoms with van der Waals surface area (Å²) < 4.78 is 8.28. The van der Waals surface area contributed by atoms with Crippen molar-refractivity contribution >= 4 is 15.7 Å². The molecule has 1 aliphatic heterocycles. The van der Waals surface area contributed by atoms with E-state index in [9.17, 15) is 14.4 Å². The maximum absolute atomic E-state index is 11.0. The van der Waals surface area contributed by atoms with Gasteiger partial charge in [-0.3, -0.25) is 0 Å². The Hall–Kier alpha value is -0.230. The van der Waals surface area contributed by atoms with Crippen LogP contribution in [0.5, 0.6) is 0 Å². The molecule has 0 saturated carbocycles. The monoisotopic (exact) mass is 409 g/mol. The van der Waals surface area contributed by atoms with Crippen LogP contribution in [0.4, 0.5) is 4.79 Å². The summed E-state index contributed by atoms with van der Waals surface area (Å²) in [4.78, 5) is 32.9. The van der Waals surface area contributed by atoms with E-state index in [1.807, 2.05) is 0 Å². The number of hydrogen-bond acceptors (Lipinski definition) is 4. The van der Waals surface area contributed by atoms with E-state index >= 15 is 0 Å². The third-order valence-electron chi connectivity index (χ3n) is 1.05. The Morgan fingerprint density at radius 3 is 2.38 bits per heavy atom. The van der Waals surface area contributed by atoms with E-state index in [4.69, 9.17) is 3.95 Å². The zero-order valence-corrected chi connectivity index (χ0v) is 10.5. The van der Waals surface area contributed by atoms with Crippen LogP contribution in [-0.4, -0.2) is 18.8 Å². The molecule has 0 spiro atoms. The second-order valence-electron chi connectivity index (χ2n) is 1.85. The van der Waals surface area contributed by atoms with Gasteiger partial charge in [-0.15, -0.1) is 0 Å². The number of halogens is 2. The first-order chi connectivity index (χ1) is 6.15. The standard InChI is InChI=1S/C5H5I2N3O3/c8-7-9-5(13)6-10-3(11)1-2-4(10)12/h1-2H,8H2,(H,9,13)/q-2. The van der Waals surface area contributed by atoms with Crippen LogP contribution >= 0.6 is 0 Å². The van der Waals surface area contributed by atoms with Crippen molar-refractivity contribution in [3.8, 4) is 0 Å². The molecule has 74 valence electrons. The molecule has 0 fully saturated rings. The molecule has 0 unspecified atom stereocenters. The summed E-state index contributed by atoms with van der Waals surface area (Å²) in [5.74, 6) is -0.827. The van der Waals surface area contributed by atoms with Gasteiger partial charge in [0.05, 0.1) is 0 Å². The molecular weight excluding hydrogens is 404 g/mol. The van der Waals surface area contributed by atoms with Crippen LogP contribution in [0.15, 0.2) is 12.2 Å². The number of nitrogens with zero attached hydrogens (tertiary/aromatic N) is 1. The molecule has 1 aliphatic rings. The van der Waals surface area contributed by atoms with Gasteiger partial charge < -0.3 is 0 Å². The molecule has 3 amide bonds. The molecule has 0 saturated heterocycles. The molecule has 1 heterocycles. The summed E-state index contributed by atoms with van der Waals surface area (Å²) in [6.07, 6.45) is 2.32. The molecule has 1 rings (SSSR count). The van der Waals surface area contributed by atoms with E-state index in [1.165, 1.54) is 0 Å². The number of imide groups is 1. The van der Waals surface area contributed by atoms with Gasteiger partial charge in [0.25, 0.3) is 0 Å². The van der Waals surface area contributed by atoms with Crippen molar-refractivity contribution in [2.24, 2.45) is 3.95 Å². The number of nitrogens with one attached hydrogen (secondary N) is 1. The first-order valence-corrected chi connectivity index (χ1v) is 7.35. The second-order valence-corrected chi connectivity index (χ2v) is 5.44. The number of rotatable bonds is 3. The van der Waals surface area contributed by atoms with E-state index in [0.717, 1.165) is 15.3 Å². The van der Waals surface area contributed by atoms with Gasteiger partial charge in [-0.2, -0.15) is 0 Å². The molecule has 0 bridgehead atoms. The predicted octanol–water partition coefficient (Wildman–Crippen LogP) is -7.50. The summed E-state index contributed by atoms with van der Waals surface area (Å²) in [5.41, 5.74) is 0. The van der Waals surface area contributed by atoms with Gasteiger partial charge >= 0.3 is 96.1 Å². The molecule has 0 aromatic heterocycles. The van der Waals surface area contributed by atoms with Crippen LogP contribution in [0.25, 0.3) is 0 Å². The Morgan fingerprint density at radius 2 is 1.92 bits per heavy atom. The van der Waals surface area contributed by atoms with Gasteiger partial charge in [-0.25, -0.2) is 0 Å². The van der Waals surface area contributed by atoms with Crippen LogP contribution < -0.4 is 50.7 Å². The van der Waals surface area contributed by atoms with Gasteiger partial charge in [-0.05, 0) is 0 Å². The number of amides is 3. The maximum atomic E-state index is 11.0. The van der Waals surface area contributed by atoms with E-state index in [1.54, 1.807) is 0 Å². The Morgan fingerprint density at radius 1 is 1.38 bits per heavy atom.